The summed E-state index contributed by atoms with van der Waals surface area (Å²) in [7, 11) is 1.41. The van der Waals surface area contributed by atoms with Crippen molar-refractivity contribution in [2.45, 2.75) is 0 Å². The minimum atomic E-state index is -0.639. The third-order valence-electron chi connectivity index (χ3n) is 6.27. The van der Waals surface area contributed by atoms with Crippen LogP contribution in [0, 0.1) is 10.1 Å². The van der Waals surface area contributed by atoms with Crippen molar-refractivity contribution in [3.05, 3.63) is 75.4 Å². The van der Waals surface area contributed by atoms with Crippen LogP contribution in [0.1, 0.15) is 5.76 Å². The highest BCUT2D eigenvalue weighted by Crippen LogP contribution is 2.36. The molecule has 1 aromatic heterocycles. The lowest BCUT2D eigenvalue weighted by molar-refractivity contribution is -0.384. The van der Waals surface area contributed by atoms with E-state index in [1.165, 1.54) is 37.5 Å². The molecular formula is C27H24N4O8S. The molecule has 3 amide bonds. The average Bonchev–Trinajstić information content (AvgIpc) is 3.53. The molecule has 2 aliphatic rings. The number of nitro groups is 1. The molecule has 0 bridgehead atoms. The van der Waals surface area contributed by atoms with Crippen LogP contribution < -0.4 is 15.0 Å². The number of anilines is 2. The SMILES string of the molecule is COc1ccc(-c2ccc(/C=C3/SC(=O)N(CC(=O)Nc4ccccc4N4CCOCC4)C3=O)o2)c([N+](=O)[O-])c1. The summed E-state index contributed by atoms with van der Waals surface area (Å²) in [5.41, 5.74) is 1.43. The van der Waals surface area contributed by atoms with E-state index in [4.69, 9.17) is 13.9 Å². The van der Waals surface area contributed by atoms with E-state index in [0.29, 0.717) is 49.5 Å². The van der Waals surface area contributed by atoms with Crippen molar-refractivity contribution >= 4 is 52.0 Å². The number of nitrogens with zero attached hydrogens (tertiary/aromatic N) is 3. The lowest BCUT2D eigenvalue weighted by Gasteiger charge is -2.30. The van der Waals surface area contributed by atoms with E-state index in [9.17, 15) is 24.5 Å². The molecule has 5 rings (SSSR count). The number of hydrogen-bond donors (Lipinski definition) is 1. The number of para-hydroxylation sites is 2. The summed E-state index contributed by atoms with van der Waals surface area (Å²) in [5.74, 6) is -0.409. The maximum atomic E-state index is 13.0. The molecule has 0 atom stereocenters. The summed E-state index contributed by atoms with van der Waals surface area (Å²) >= 11 is 0.680. The Morgan fingerprint density at radius 2 is 1.93 bits per heavy atom. The number of ether oxygens (including phenoxy) is 2. The Labute approximate surface area is 232 Å². The van der Waals surface area contributed by atoms with Gasteiger partial charge in [-0.05, 0) is 48.2 Å². The van der Waals surface area contributed by atoms with Gasteiger partial charge in [0, 0.05) is 19.2 Å². The molecule has 2 aliphatic heterocycles. The van der Waals surface area contributed by atoms with Crippen LogP contribution in [0.4, 0.5) is 21.9 Å². The van der Waals surface area contributed by atoms with Gasteiger partial charge in [-0.1, -0.05) is 12.1 Å². The van der Waals surface area contributed by atoms with Crippen molar-refractivity contribution < 1.29 is 33.2 Å². The zero-order valence-electron chi connectivity index (χ0n) is 21.3. The van der Waals surface area contributed by atoms with Gasteiger partial charge in [0.2, 0.25) is 5.91 Å². The van der Waals surface area contributed by atoms with Crippen molar-refractivity contribution in [3.8, 4) is 17.1 Å². The van der Waals surface area contributed by atoms with Gasteiger partial charge in [0.15, 0.2) is 0 Å². The summed E-state index contributed by atoms with van der Waals surface area (Å²) in [4.78, 5) is 52.4. The Bertz CT molecular complexity index is 1510. The van der Waals surface area contributed by atoms with Gasteiger partial charge in [-0.3, -0.25) is 29.4 Å². The number of furan rings is 1. The Morgan fingerprint density at radius 3 is 2.67 bits per heavy atom. The zero-order chi connectivity index (χ0) is 28.2. The molecule has 0 aliphatic carbocycles. The molecule has 3 heterocycles. The molecule has 2 saturated heterocycles. The molecule has 0 saturated carbocycles. The highest BCUT2D eigenvalue weighted by molar-refractivity contribution is 8.18. The number of morpholine rings is 1. The van der Waals surface area contributed by atoms with Crippen molar-refractivity contribution in [1.82, 2.24) is 4.90 Å². The Morgan fingerprint density at radius 1 is 1.15 bits per heavy atom. The van der Waals surface area contributed by atoms with Crippen molar-refractivity contribution in [3.63, 3.8) is 0 Å². The molecule has 3 aromatic rings. The fraction of sp³-hybridized carbons (Fsp3) is 0.222. The molecule has 12 nitrogen and oxygen atoms in total. The maximum absolute atomic E-state index is 13.0. The number of methoxy groups -OCH3 is 1. The lowest BCUT2D eigenvalue weighted by Crippen LogP contribution is -2.38. The van der Waals surface area contributed by atoms with Crippen molar-refractivity contribution in [2.75, 3.05) is 50.2 Å². The summed E-state index contributed by atoms with van der Waals surface area (Å²) in [6, 6.07) is 14.7. The number of imide groups is 1. The summed E-state index contributed by atoms with van der Waals surface area (Å²) < 4.78 is 16.2. The van der Waals surface area contributed by atoms with Crippen LogP contribution in [0.25, 0.3) is 17.4 Å². The van der Waals surface area contributed by atoms with Gasteiger partial charge in [0.25, 0.3) is 16.8 Å². The number of rotatable bonds is 8. The van der Waals surface area contributed by atoms with E-state index in [1.54, 1.807) is 18.2 Å². The first-order chi connectivity index (χ1) is 19.3. The third-order valence-corrected chi connectivity index (χ3v) is 7.18. The molecule has 0 spiro atoms. The van der Waals surface area contributed by atoms with Crippen LogP contribution in [0.3, 0.4) is 0 Å². The number of amides is 3. The predicted molar refractivity (Wildman–Crippen MR) is 148 cm³/mol. The standard InChI is InChI=1S/C27H24N4O8S/c1-37-17-6-8-19(22(14-17)31(35)36)23-9-7-18(39-23)15-24-26(33)30(27(34)40-24)16-25(32)28-20-4-2-3-5-21(20)29-10-12-38-13-11-29/h2-9,14-15H,10-13,16H2,1H3,(H,28,32)/b24-15+. The van der Waals surface area contributed by atoms with Crippen molar-refractivity contribution in [1.29, 1.82) is 0 Å². The number of thioether (sulfide) groups is 1. The number of carbonyl (C=O) groups is 3. The predicted octanol–water partition coefficient (Wildman–Crippen LogP) is 4.38. The molecule has 0 unspecified atom stereocenters. The summed E-state index contributed by atoms with van der Waals surface area (Å²) in [6.45, 7) is 2.07. The Kier molecular flexibility index (Phi) is 7.84. The molecule has 40 heavy (non-hydrogen) atoms. The number of nitrogens with one attached hydrogen (secondary N) is 1. The monoisotopic (exact) mass is 564 g/mol. The van der Waals surface area contributed by atoms with Crippen LogP contribution in [0.2, 0.25) is 0 Å². The van der Waals surface area contributed by atoms with Crippen LogP contribution in [-0.2, 0) is 14.3 Å². The van der Waals surface area contributed by atoms with Crippen molar-refractivity contribution in [2.24, 2.45) is 0 Å². The second-order valence-corrected chi connectivity index (χ2v) is 9.77. The highest BCUT2D eigenvalue weighted by Gasteiger charge is 2.36. The number of nitro benzene ring substituents is 1. The van der Waals surface area contributed by atoms with Gasteiger partial charge in [-0.2, -0.15) is 0 Å². The molecule has 2 fully saturated rings. The summed E-state index contributed by atoms with van der Waals surface area (Å²) in [5, 5.41) is 13.7. The minimum Gasteiger partial charge on any atom is -0.497 e. The molecule has 13 heteroatoms. The quantitative estimate of drug-likeness (QED) is 0.238. The Hall–Kier alpha value is -4.62. The first-order valence-corrected chi connectivity index (χ1v) is 13.1. The largest absolute Gasteiger partial charge is 0.497 e. The second-order valence-electron chi connectivity index (χ2n) is 8.77. The lowest BCUT2D eigenvalue weighted by atomic mass is 10.1. The van der Waals surface area contributed by atoms with Gasteiger partial charge < -0.3 is 24.1 Å². The number of hydrogen-bond acceptors (Lipinski definition) is 10. The number of carbonyl (C=O) groups excluding carboxylic acids is 3. The van der Waals surface area contributed by atoms with E-state index in [-0.39, 0.29) is 27.7 Å². The van der Waals surface area contributed by atoms with Crippen LogP contribution in [0.15, 0.2) is 63.9 Å². The van der Waals surface area contributed by atoms with E-state index in [1.807, 2.05) is 12.1 Å². The van der Waals surface area contributed by atoms with E-state index >= 15 is 0 Å². The first-order valence-electron chi connectivity index (χ1n) is 12.2. The Balaban J connectivity index is 1.28. The van der Waals surface area contributed by atoms with Gasteiger partial charge in [0.1, 0.15) is 23.8 Å². The van der Waals surface area contributed by atoms with Gasteiger partial charge in [-0.15, -0.1) is 0 Å². The van der Waals surface area contributed by atoms with Gasteiger partial charge >= 0.3 is 0 Å². The fourth-order valence-electron chi connectivity index (χ4n) is 4.33. The average molecular weight is 565 g/mol. The third kappa shape index (κ3) is 5.70. The van der Waals surface area contributed by atoms with E-state index in [0.717, 1.165) is 10.6 Å². The normalized spacial score (nSPS) is 16.5. The van der Waals surface area contributed by atoms with Crippen LogP contribution in [-0.4, -0.2) is 66.8 Å². The van der Waals surface area contributed by atoms with Gasteiger partial charge in [-0.25, -0.2) is 0 Å². The fourth-order valence-corrected chi connectivity index (χ4v) is 5.15. The van der Waals surface area contributed by atoms with Gasteiger partial charge in [0.05, 0.1) is 53.2 Å². The smallest absolute Gasteiger partial charge is 0.294 e. The molecular weight excluding hydrogens is 540 g/mol. The molecule has 206 valence electrons. The maximum Gasteiger partial charge on any atom is 0.294 e. The van der Waals surface area contributed by atoms with Crippen LogP contribution in [0.5, 0.6) is 5.75 Å². The number of benzene rings is 2. The first kappa shape index (κ1) is 27.0. The highest BCUT2D eigenvalue weighted by atomic mass is 32.2. The van der Waals surface area contributed by atoms with E-state index in [2.05, 4.69) is 10.2 Å². The minimum absolute atomic E-state index is 0.0663. The molecule has 2 aromatic carbocycles. The van der Waals surface area contributed by atoms with E-state index < -0.39 is 28.5 Å². The second kappa shape index (κ2) is 11.6. The summed E-state index contributed by atoms with van der Waals surface area (Å²) in [6.07, 6.45) is 1.37. The zero-order valence-corrected chi connectivity index (χ0v) is 22.1. The molecule has 0 radical (unpaired) electrons. The van der Waals surface area contributed by atoms with Crippen LogP contribution >= 0.6 is 11.8 Å². The molecule has 1 N–H and O–H groups in total. The topological polar surface area (TPSA) is 144 Å².